The number of nitrogens with zero attached hydrogens (tertiary/aromatic N) is 3. The summed E-state index contributed by atoms with van der Waals surface area (Å²) in [5, 5.41) is 6.35. The minimum absolute atomic E-state index is 0.288. The molecular weight excluding hydrogens is 586 g/mol. The number of rotatable bonds is 5. The maximum absolute atomic E-state index is 13.4. The highest BCUT2D eigenvalue weighted by Crippen LogP contribution is 2.34. The summed E-state index contributed by atoms with van der Waals surface area (Å²) in [5.74, 6) is 1.40. The quantitative estimate of drug-likeness (QED) is 0.199. The highest BCUT2D eigenvalue weighted by Gasteiger charge is 2.17. The van der Waals surface area contributed by atoms with E-state index in [1.807, 2.05) is 25.1 Å². The van der Waals surface area contributed by atoms with Gasteiger partial charge in [0, 0.05) is 10.4 Å². The van der Waals surface area contributed by atoms with E-state index in [9.17, 15) is 4.79 Å². The van der Waals surface area contributed by atoms with Gasteiger partial charge in [-0.05, 0) is 92.9 Å². The van der Waals surface area contributed by atoms with Gasteiger partial charge in [-0.25, -0.2) is 4.98 Å². The third kappa shape index (κ3) is 4.29. The molecule has 0 unspecified atom stereocenters. The fourth-order valence-electron chi connectivity index (χ4n) is 3.58. The van der Waals surface area contributed by atoms with E-state index in [0.717, 1.165) is 19.9 Å². The van der Waals surface area contributed by atoms with Gasteiger partial charge < -0.3 is 9.15 Å². The second kappa shape index (κ2) is 9.37. The van der Waals surface area contributed by atoms with Crippen LogP contribution in [0.5, 0.6) is 5.75 Å². The van der Waals surface area contributed by atoms with Crippen LogP contribution in [0, 0.1) is 0 Å². The molecule has 0 aliphatic carbocycles. The average molecular weight is 602 g/mol. The summed E-state index contributed by atoms with van der Waals surface area (Å²) >= 11 is 13.2. The normalized spacial score (nSPS) is 11.6. The average Bonchev–Trinajstić information content (AvgIpc) is 3.24. The van der Waals surface area contributed by atoms with Crippen LogP contribution in [-0.4, -0.2) is 22.5 Å². The number of hydrogen-bond donors (Lipinski definition) is 0. The second-order valence-electron chi connectivity index (χ2n) is 7.35. The molecule has 0 aliphatic rings. The van der Waals surface area contributed by atoms with Crippen LogP contribution in [0.1, 0.15) is 12.5 Å². The van der Waals surface area contributed by atoms with Gasteiger partial charge in [-0.3, -0.25) is 4.79 Å². The summed E-state index contributed by atoms with van der Waals surface area (Å²) in [7, 11) is 0. The Kier molecular flexibility index (Phi) is 6.29. The number of benzene rings is 3. The van der Waals surface area contributed by atoms with Gasteiger partial charge in [0.2, 0.25) is 5.82 Å². The summed E-state index contributed by atoms with van der Waals surface area (Å²) in [6.07, 6.45) is 1.59. The van der Waals surface area contributed by atoms with E-state index >= 15 is 0 Å². The smallest absolute Gasteiger partial charge is 0.282 e. The second-order valence-corrected chi connectivity index (χ2v) is 9.50. The van der Waals surface area contributed by atoms with E-state index in [-0.39, 0.29) is 11.4 Å². The highest BCUT2D eigenvalue weighted by molar-refractivity contribution is 9.11. The lowest BCUT2D eigenvalue weighted by Gasteiger charge is -2.10. The molecule has 3 aromatic carbocycles. The van der Waals surface area contributed by atoms with Crippen molar-refractivity contribution in [3.05, 3.63) is 90.5 Å². The van der Waals surface area contributed by atoms with Gasteiger partial charge in [-0.2, -0.15) is 9.78 Å². The molecule has 0 saturated carbocycles. The lowest BCUT2D eigenvalue weighted by Crippen LogP contribution is -2.20. The van der Waals surface area contributed by atoms with E-state index < -0.39 is 0 Å². The Morgan fingerprint density at radius 1 is 1.12 bits per heavy atom. The molecule has 0 aliphatic heterocycles. The van der Waals surface area contributed by atoms with Gasteiger partial charge in [-0.15, -0.1) is 0 Å². The molecule has 2 heterocycles. The van der Waals surface area contributed by atoms with Crippen molar-refractivity contribution in [2.45, 2.75) is 6.92 Å². The number of para-hydroxylation sites is 1. The first-order valence-electron chi connectivity index (χ1n) is 10.3. The Morgan fingerprint density at radius 3 is 2.65 bits per heavy atom. The van der Waals surface area contributed by atoms with Gasteiger partial charge in [0.05, 0.1) is 32.7 Å². The molecule has 0 bridgehead atoms. The molecule has 0 fully saturated rings. The lowest BCUT2D eigenvalue weighted by atomic mass is 10.2. The van der Waals surface area contributed by atoms with E-state index in [1.165, 1.54) is 4.68 Å². The van der Waals surface area contributed by atoms with E-state index in [1.54, 1.807) is 48.7 Å². The number of ether oxygens (including phenoxy) is 1. The largest absolute Gasteiger partial charge is 0.492 e. The van der Waals surface area contributed by atoms with Crippen molar-refractivity contribution in [3.8, 4) is 17.3 Å². The Bertz CT molecular complexity index is 1620. The van der Waals surface area contributed by atoms with Crippen molar-refractivity contribution in [3.63, 3.8) is 0 Å². The molecule has 5 aromatic rings. The minimum Gasteiger partial charge on any atom is -0.492 e. The zero-order valence-corrected chi connectivity index (χ0v) is 21.7. The van der Waals surface area contributed by atoms with Crippen LogP contribution in [0.2, 0.25) is 5.02 Å². The number of halogens is 3. The molecule has 2 aromatic heterocycles. The van der Waals surface area contributed by atoms with Crippen LogP contribution in [0.25, 0.3) is 33.5 Å². The number of fused-ring (bicyclic) bond motifs is 2. The zero-order valence-electron chi connectivity index (χ0n) is 17.8. The van der Waals surface area contributed by atoms with Gasteiger partial charge >= 0.3 is 0 Å². The van der Waals surface area contributed by atoms with Crippen LogP contribution < -0.4 is 10.3 Å². The van der Waals surface area contributed by atoms with E-state index in [4.69, 9.17) is 25.7 Å². The molecule has 6 nitrogen and oxygen atoms in total. The third-order valence-corrected chi connectivity index (χ3v) is 6.50. The molecule has 0 N–H and O–H groups in total. The summed E-state index contributed by atoms with van der Waals surface area (Å²) in [6.45, 7) is 2.45. The van der Waals surface area contributed by atoms with Crippen molar-refractivity contribution in [1.29, 1.82) is 0 Å². The van der Waals surface area contributed by atoms with Crippen LogP contribution in [0.15, 0.2) is 83.9 Å². The van der Waals surface area contributed by atoms with Gasteiger partial charge in [0.1, 0.15) is 11.3 Å². The first kappa shape index (κ1) is 22.8. The molecule has 5 rings (SSSR count). The maximum atomic E-state index is 13.4. The molecule has 0 saturated heterocycles. The Balaban J connectivity index is 1.68. The minimum atomic E-state index is -0.306. The summed E-state index contributed by atoms with van der Waals surface area (Å²) in [6, 6.07) is 18.0. The van der Waals surface area contributed by atoms with Crippen LogP contribution >= 0.6 is 43.5 Å². The monoisotopic (exact) mass is 599 g/mol. The molecule has 34 heavy (non-hydrogen) atoms. The van der Waals surface area contributed by atoms with Crippen molar-refractivity contribution >= 4 is 71.5 Å². The van der Waals surface area contributed by atoms with Gasteiger partial charge in [-0.1, -0.05) is 23.7 Å². The molecule has 0 amide bonds. The first-order valence-corrected chi connectivity index (χ1v) is 12.3. The predicted molar refractivity (Wildman–Crippen MR) is 142 cm³/mol. The zero-order chi connectivity index (χ0) is 23.8. The van der Waals surface area contributed by atoms with Crippen LogP contribution in [-0.2, 0) is 0 Å². The van der Waals surface area contributed by atoms with Crippen molar-refractivity contribution < 1.29 is 9.15 Å². The third-order valence-electron chi connectivity index (χ3n) is 5.08. The first-order chi connectivity index (χ1) is 16.4. The molecule has 9 heteroatoms. The molecule has 0 spiro atoms. The standard InChI is InChI=1S/C25H16Br2ClN3O3/c1-2-33-23-18(26)9-14(10-19(23)27)13-29-31-24(30-20-6-4-3-5-17(20)25(31)32)22-12-15-11-16(28)7-8-21(15)34-22/h3-13H,2H2,1H3. The number of hydrogen-bond acceptors (Lipinski definition) is 5. The van der Waals surface area contributed by atoms with Crippen molar-refractivity contribution in [1.82, 2.24) is 9.66 Å². The van der Waals surface area contributed by atoms with E-state index in [2.05, 4.69) is 37.0 Å². The predicted octanol–water partition coefficient (Wildman–Crippen LogP) is 7.27. The fraction of sp³-hybridized carbons (Fsp3) is 0.0800. The van der Waals surface area contributed by atoms with Crippen LogP contribution in [0.4, 0.5) is 0 Å². The molecular formula is C25H16Br2ClN3O3. The Morgan fingerprint density at radius 2 is 1.88 bits per heavy atom. The topological polar surface area (TPSA) is 69.6 Å². The number of aromatic nitrogens is 2. The van der Waals surface area contributed by atoms with Crippen LogP contribution in [0.3, 0.4) is 0 Å². The van der Waals surface area contributed by atoms with E-state index in [0.29, 0.717) is 39.6 Å². The van der Waals surface area contributed by atoms with Crippen molar-refractivity contribution in [2.24, 2.45) is 5.10 Å². The lowest BCUT2D eigenvalue weighted by molar-refractivity contribution is 0.336. The number of furan rings is 1. The summed E-state index contributed by atoms with van der Waals surface area (Å²) < 4.78 is 14.4. The molecule has 170 valence electrons. The SMILES string of the molecule is CCOc1c(Br)cc(C=Nn2c(-c3cc4cc(Cl)ccc4o3)nc3ccccc3c2=O)cc1Br. The summed E-state index contributed by atoms with van der Waals surface area (Å²) in [5.41, 5.74) is 1.64. The molecule has 0 atom stereocenters. The fourth-order valence-corrected chi connectivity index (χ4v) is 5.21. The maximum Gasteiger partial charge on any atom is 0.282 e. The van der Waals surface area contributed by atoms with Gasteiger partial charge in [0.25, 0.3) is 5.56 Å². The Labute approximate surface area is 216 Å². The molecule has 0 radical (unpaired) electrons. The summed E-state index contributed by atoms with van der Waals surface area (Å²) in [4.78, 5) is 18.1. The van der Waals surface area contributed by atoms with Crippen molar-refractivity contribution in [2.75, 3.05) is 6.61 Å². The highest BCUT2D eigenvalue weighted by atomic mass is 79.9. The Hall–Kier alpha value is -2.94. The van der Waals surface area contributed by atoms with Gasteiger partial charge in [0.15, 0.2) is 5.76 Å².